The molecule has 2 N–H and O–H groups in total. The van der Waals surface area contributed by atoms with Crippen molar-refractivity contribution in [2.45, 2.75) is 6.92 Å². The summed E-state index contributed by atoms with van der Waals surface area (Å²) in [5.41, 5.74) is 2.78. The van der Waals surface area contributed by atoms with Crippen molar-refractivity contribution in [1.29, 1.82) is 0 Å². The molecular formula is C18H16N4O2. The molecular weight excluding hydrogens is 304 g/mol. The number of hydrogen-bond donors (Lipinski definition) is 2. The minimum atomic E-state index is -0.200. The first-order valence-electron chi connectivity index (χ1n) is 7.41. The summed E-state index contributed by atoms with van der Waals surface area (Å²) in [5, 5.41) is 9.64. The topological polar surface area (TPSA) is 76.0 Å². The van der Waals surface area contributed by atoms with E-state index in [1.165, 1.54) is 6.92 Å². The number of rotatable bonds is 4. The molecule has 0 saturated heterocycles. The summed E-state index contributed by atoms with van der Waals surface area (Å²) in [6.45, 7) is 1.45. The molecule has 0 aliphatic heterocycles. The van der Waals surface area contributed by atoms with Crippen LogP contribution in [-0.2, 0) is 4.79 Å². The Morgan fingerprint density at radius 3 is 2.08 bits per heavy atom. The van der Waals surface area contributed by atoms with E-state index in [0.717, 1.165) is 5.69 Å². The second-order valence-corrected chi connectivity index (χ2v) is 5.21. The minimum absolute atomic E-state index is 0.135. The van der Waals surface area contributed by atoms with E-state index in [4.69, 9.17) is 0 Å². The Bertz CT molecular complexity index is 838. The molecule has 3 rings (SSSR count). The Balaban J connectivity index is 1.67. The number of nitrogens with zero attached hydrogens (tertiary/aromatic N) is 2. The van der Waals surface area contributed by atoms with Crippen LogP contribution in [0.2, 0.25) is 0 Å². The zero-order valence-corrected chi connectivity index (χ0v) is 13.1. The van der Waals surface area contributed by atoms with Crippen LogP contribution >= 0.6 is 0 Å². The number of amides is 2. The van der Waals surface area contributed by atoms with Crippen LogP contribution in [0.5, 0.6) is 0 Å². The van der Waals surface area contributed by atoms with Crippen LogP contribution in [0.25, 0.3) is 5.69 Å². The molecule has 6 nitrogen and oxygen atoms in total. The van der Waals surface area contributed by atoms with Crippen LogP contribution < -0.4 is 10.6 Å². The van der Waals surface area contributed by atoms with Gasteiger partial charge in [0, 0.05) is 36.3 Å². The van der Waals surface area contributed by atoms with Gasteiger partial charge in [-0.3, -0.25) is 9.59 Å². The molecule has 0 saturated carbocycles. The van der Waals surface area contributed by atoms with Crippen molar-refractivity contribution in [2.75, 3.05) is 10.6 Å². The van der Waals surface area contributed by atoms with E-state index in [2.05, 4.69) is 15.7 Å². The van der Waals surface area contributed by atoms with Gasteiger partial charge in [-0.05, 0) is 54.6 Å². The molecule has 0 aliphatic carbocycles. The number of carbonyl (C=O) groups is 2. The number of anilines is 2. The van der Waals surface area contributed by atoms with Gasteiger partial charge in [-0.1, -0.05) is 0 Å². The second-order valence-electron chi connectivity index (χ2n) is 5.21. The predicted octanol–water partition coefficient (Wildman–Crippen LogP) is 3.08. The third-order valence-corrected chi connectivity index (χ3v) is 3.36. The Hall–Kier alpha value is -3.41. The first-order chi connectivity index (χ1) is 11.6. The lowest BCUT2D eigenvalue weighted by atomic mass is 10.2. The monoisotopic (exact) mass is 320 g/mol. The molecule has 2 amide bonds. The van der Waals surface area contributed by atoms with Gasteiger partial charge in [-0.15, -0.1) is 0 Å². The number of benzene rings is 2. The van der Waals surface area contributed by atoms with Crippen molar-refractivity contribution in [3.8, 4) is 5.69 Å². The third kappa shape index (κ3) is 3.67. The molecule has 0 bridgehead atoms. The highest BCUT2D eigenvalue weighted by Gasteiger charge is 2.07. The fraction of sp³-hybridized carbons (Fsp3) is 0.0556. The first kappa shape index (κ1) is 15.5. The highest BCUT2D eigenvalue weighted by Crippen LogP contribution is 2.15. The van der Waals surface area contributed by atoms with Crippen molar-refractivity contribution in [1.82, 2.24) is 9.78 Å². The molecule has 120 valence electrons. The summed E-state index contributed by atoms with van der Waals surface area (Å²) in [5.74, 6) is -0.335. The van der Waals surface area contributed by atoms with E-state index in [1.54, 1.807) is 47.3 Å². The van der Waals surface area contributed by atoms with Crippen LogP contribution in [-0.4, -0.2) is 21.6 Å². The van der Waals surface area contributed by atoms with Crippen molar-refractivity contribution in [2.24, 2.45) is 0 Å². The molecule has 3 aromatic rings. The van der Waals surface area contributed by atoms with Crippen molar-refractivity contribution < 1.29 is 9.59 Å². The highest BCUT2D eigenvalue weighted by atomic mass is 16.2. The maximum atomic E-state index is 12.3. The fourth-order valence-electron chi connectivity index (χ4n) is 2.23. The highest BCUT2D eigenvalue weighted by molar-refractivity contribution is 6.04. The summed E-state index contributed by atoms with van der Waals surface area (Å²) < 4.78 is 1.72. The molecule has 24 heavy (non-hydrogen) atoms. The lowest BCUT2D eigenvalue weighted by Gasteiger charge is -2.08. The van der Waals surface area contributed by atoms with Crippen LogP contribution in [0.15, 0.2) is 67.0 Å². The maximum Gasteiger partial charge on any atom is 0.255 e. The Labute approximate surface area is 139 Å². The van der Waals surface area contributed by atoms with Crippen LogP contribution in [0.4, 0.5) is 11.4 Å². The number of aromatic nitrogens is 2. The molecule has 1 aromatic heterocycles. The smallest absolute Gasteiger partial charge is 0.255 e. The van der Waals surface area contributed by atoms with Crippen LogP contribution in [0.3, 0.4) is 0 Å². The molecule has 0 atom stereocenters. The SMILES string of the molecule is CC(=O)Nc1ccc(NC(=O)c2ccc(-n3cccn3)cc2)cc1. The summed E-state index contributed by atoms with van der Waals surface area (Å²) in [7, 11) is 0. The molecule has 0 aliphatic rings. The van der Waals surface area contributed by atoms with Gasteiger partial charge in [0.2, 0.25) is 5.91 Å². The van der Waals surface area contributed by atoms with Crippen LogP contribution in [0, 0.1) is 0 Å². The van der Waals surface area contributed by atoms with Gasteiger partial charge in [0.1, 0.15) is 0 Å². The summed E-state index contributed by atoms with van der Waals surface area (Å²) in [6.07, 6.45) is 3.54. The Morgan fingerprint density at radius 1 is 0.917 bits per heavy atom. The van der Waals surface area contributed by atoms with Gasteiger partial charge in [-0.25, -0.2) is 4.68 Å². The average Bonchev–Trinajstić information content (AvgIpc) is 3.11. The molecule has 1 heterocycles. The molecule has 2 aromatic carbocycles. The number of hydrogen-bond acceptors (Lipinski definition) is 3. The zero-order valence-electron chi connectivity index (χ0n) is 13.1. The predicted molar refractivity (Wildman–Crippen MR) is 92.3 cm³/mol. The van der Waals surface area contributed by atoms with E-state index >= 15 is 0 Å². The number of carbonyl (C=O) groups excluding carboxylic acids is 2. The minimum Gasteiger partial charge on any atom is -0.326 e. The fourth-order valence-corrected chi connectivity index (χ4v) is 2.23. The van der Waals surface area contributed by atoms with Gasteiger partial charge < -0.3 is 10.6 Å². The zero-order chi connectivity index (χ0) is 16.9. The first-order valence-corrected chi connectivity index (χ1v) is 7.41. The van der Waals surface area contributed by atoms with E-state index in [-0.39, 0.29) is 11.8 Å². The Morgan fingerprint density at radius 2 is 1.54 bits per heavy atom. The van der Waals surface area contributed by atoms with Crippen LogP contribution in [0.1, 0.15) is 17.3 Å². The van der Waals surface area contributed by atoms with Crippen molar-refractivity contribution >= 4 is 23.2 Å². The maximum absolute atomic E-state index is 12.3. The lowest BCUT2D eigenvalue weighted by Crippen LogP contribution is -2.12. The van der Waals surface area contributed by atoms with Gasteiger partial charge in [0.15, 0.2) is 0 Å². The summed E-state index contributed by atoms with van der Waals surface area (Å²) >= 11 is 0. The van der Waals surface area contributed by atoms with Crippen molar-refractivity contribution in [3.05, 3.63) is 72.6 Å². The lowest BCUT2D eigenvalue weighted by molar-refractivity contribution is -0.114. The quantitative estimate of drug-likeness (QED) is 0.775. The van der Waals surface area contributed by atoms with Gasteiger partial charge in [-0.2, -0.15) is 5.10 Å². The molecule has 0 radical (unpaired) electrons. The van der Waals surface area contributed by atoms with E-state index in [9.17, 15) is 9.59 Å². The molecule has 6 heteroatoms. The Kier molecular flexibility index (Phi) is 4.38. The standard InChI is InChI=1S/C18H16N4O2/c1-13(23)20-15-5-7-16(8-6-15)21-18(24)14-3-9-17(10-4-14)22-12-2-11-19-22/h2-12H,1H3,(H,20,23)(H,21,24). The van der Waals surface area contributed by atoms with Gasteiger partial charge in [0.05, 0.1) is 5.69 Å². The molecule has 0 fully saturated rings. The third-order valence-electron chi connectivity index (χ3n) is 3.36. The summed E-state index contributed by atoms with van der Waals surface area (Å²) in [4.78, 5) is 23.3. The average molecular weight is 320 g/mol. The summed E-state index contributed by atoms with van der Waals surface area (Å²) in [6, 6.07) is 15.9. The van der Waals surface area contributed by atoms with E-state index < -0.39 is 0 Å². The van der Waals surface area contributed by atoms with E-state index in [1.807, 2.05) is 24.4 Å². The van der Waals surface area contributed by atoms with Crippen molar-refractivity contribution in [3.63, 3.8) is 0 Å². The largest absolute Gasteiger partial charge is 0.326 e. The van der Waals surface area contributed by atoms with Gasteiger partial charge >= 0.3 is 0 Å². The van der Waals surface area contributed by atoms with Gasteiger partial charge in [0.25, 0.3) is 5.91 Å². The van der Waals surface area contributed by atoms with E-state index in [0.29, 0.717) is 16.9 Å². The second kappa shape index (κ2) is 6.78. The molecule has 0 unspecified atom stereocenters. The normalized spacial score (nSPS) is 10.2. The molecule has 0 spiro atoms. The number of nitrogens with one attached hydrogen (secondary N) is 2.